The Hall–Kier alpha value is -2.01. The molecule has 6 heteroatoms. The molecular weight excluding hydrogens is 266 g/mol. The molecule has 1 aromatic heterocycles. The number of aromatic nitrogens is 2. The van der Waals surface area contributed by atoms with Crippen molar-refractivity contribution in [1.82, 2.24) is 9.78 Å². The van der Waals surface area contributed by atoms with E-state index in [4.69, 9.17) is 22.1 Å². The molecule has 0 saturated carbocycles. The van der Waals surface area contributed by atoms with Gasteiger partial charge in [0.1, 0.15) is 0 Å². The van der Waals surface area contributed by atoms with Gasteiger partial charge in [0.15, 0.2) is 0 Å². The summed E-state index contributed by atoms with van der Waals surface area (Å²) >= 11 is 5.95. The van der Waals surface area contributed by atoms with Crippen molar-refractivity contribution >= 4 is 23.3 Å². The van der Waals surface area contributed by atoms with Crippen LogP contribution in [0.3, 0.4) is 0 Å². The molecule has 0 amide bonds. The van der Waals surface area contributed by atoms with Gasteiger partial charge in [0.05, 0.1) is 29.1 Å². The summed E-state index contributed by atoms with van der Waals surface area (Å²) in [7, 11) is 1.84. The molecule has 0 fully saturated rings. The quantitative estimate of drug-likeness (QED) is 0.687. The molecule has 0 aliphatic rings. The van der Waals surface area contributed by atoms with Crippen molar-refractivity contribution in [1.29, 1.82) is 0 Å². The molecule has 0 aliphatic carbocycles. The van der Waals surface area contributed by atoms with Crippen LogP contribution in [0, 0.1) is 0 Å². The Labute approximate surface area is 115 Å². The van der Waals surface area contributed by atoms with Gasteiger partial charge in [-0.1, -0.05) is 17.7 Å². The number of ether oxygens (including phenoxy) is 1. The summed E-state index contributed by atoms with van der Waals surface area (Å²) in [4.78, 5) is 11.8. The largest absolute Gasteiger partial charge is 0.462 e. The SMILES string of the molecule is Cn1cc(CCOC(=O)c2cccc(N)c2Cl)cn1. The number of benzene rings is 1. The first kappa shape index (κ1) is 13.4. The Morgan fingerprint density at radius 3 is 3.00 bits per heavy atom. The van der Waals surface area contributed by atoms with E-state index in [1.54, 1.807) is 29.1 Å². The Morgan fingerprint density at radius 2 is 2.32 bits per heavy atom. The monoisotopic (exact) mass is 279 g/mol. The van der Waals surface area contributed by atoms with Gasteiger partial charge >= 0.3 is 5.97 Å². The molecule has 0 radical (unpaired) electrons. The maximum atomic E-state index is 11.8. The molecular formula is C13H14ClN3O2. The van der Waals surface area contributed by atoms with Gasteiger partial charge < -0.3 is 10.5 Å². The minimum atomic E-state index is -0.471. The highest BCUT2D eigenvalue weighted by Crippen LogP contribution is 2.23. The van der Waals surface area contributed by atoms with Crippen LogP contribution in [0.2, 0.25) is 5.02 Å². The second-order valence-corrected chi connectivity index (χ2v) is 4.49. The molecule has 0 bridgehead atoms. The predicted molar refractivity (Wildman–Crippen MR) is 73.1 cm³/mol. The summed E-state index contributed by atoms with van der Waals surface area (Å²) in [6.07, 6.45) is 4.22. The highest BCUT2D eigenvalue weighted by molar-refractivity contribution is 6.36. The van der Waals surface area contributed by atoms with Crippen molar-refractivity contribution in [3.63, 3.8) is 0 Å². The van der Waals surface area contributed by atoms with Gasteiger partial charge in [-0.2, -0.15) is 5.10 Å². The lowest BCUT2D eigenvalue weighted by Crippen LogP contribution is -2.09. The van der Waals surface area contributed by atoms with Crippen molar-refractivity contribution in [2.75, 3.05) is 12.3 Å². The number of rotatable bonds is 4. The summed E-state index contributed by atoms with van der Waals surface area (Å²) in [6.45, 7) is 0.273. The first-order chi connectivity index (χ1) is 9.08. The van der Waals surface area contributed by atoms with E-state index in [0.717, 1.165) is 5.56 Å². The molecule has 5 nitrogen and oxygen atoms in total. The summed E-state index contributed by atoms with van der Waals surface area (Å²) in [5, 5.41) is 4.27. The van der Waals surface area contributed by atoms with Crippen LogP contribution in [-0.4, -0.2) is 22.4 Å². The predicted octanol–water partition coefficient (Wildman–Crippen LogP) is 2.06. The lowest BCUT2D eigenvalue weighted by atomic mass is 10.2. The zero-order valence-electron chi connectivity index (χ0n) is 10.5. The van der Waals surface area contributed by atoms with E-state index in [0.29, 0.717) is 12.1 Å². The van der Waals surface area contributed by atoms with Gasteiger partial charge in [0.2, 0.25) is 0 Å². The molecule has 0 spiro atoms. The second-order valence-electron chi connectivity index (χ2n) is 4.12. The Balaban J connectivity index is 1.93. The number of nitrogen functional groups attached to an aromatic ring is 1. The first-order valence-electron chi connectivity index (χ1n) is 5.76. The van der Waals surface area contributed by atoms with Gasteiger partial charge in [-0.3, -0.25) is 4.68 Å². The fourth-order valence-electron chi connectivity index (χ4n) is 1.65. The Kier molecular flexibility index (Phi) is 4.06. The molecule has 0 atom stereocenters. The van der Waals surface area contributed by atoms with Crippen LogP contribution in [0.4, 0.5) is 5.69 Å². The number of hydrogen-bond acceptors (Lipinski definition) is 4. The molecule has 0 unspecified atom stereocenters. The van der Waals surface area contributed by atoms with Crippen LogP contribution in [0.15, 0.2) is 30.6 Å². The van der Waals surface area contributed by atoms with Crippen molar-refractivity contribution in [2.45, 2.75) is 6.42 Å². The van der Waals surface area contributed by atoms with E-state index < -0.39 is 5.97 Å². The van der Waals surface area contributed by atoms with Crippen LogP contribution >= 0.6 is 11.6 Å². The van der Waals surface area contributed by atoms with Crippen LogP contribution in [0.25, 0.3) is 0 Å². The molecule has 2 rings (SSSR count). The van der Waals surface area contributed by atoms with Crippen LogP contribution in [-0.2, 0) is 18.2 Å². The highest BCUT2D eigenvalue weighted by Gasteiger charge is 2.13. The lowest BCUT2D eigenvalue weighted by molar-refractivity contribution is 0.0509. The fraction of sp³-hybridized carbons (Fsp3) is 0.231. The number of carbonyl (C=O) groups is 1. The normalized spacial score (nSPS) is 10.4. The molecule has 0 saturated heterocycles. The second kappa shape index (κ2) is 5.75. The Bertz CT molecular complexity index is 595. The van der Waals surface area contributed by atoms with Crippen molar-refractivity contribution in [3.05, 3.63) is 46.7 Å². The van der Waals surface area contributed by atoms with Gasteiger partial charge in [-0.25, -0.2) is 4.79 Å². The van der Waals surface area contributed by atoms with Crippen LogP contribution in [0.1, 0.15) is 15.9 Å². The van der Waals surface area contributed by atoms with Crippen molar-refractivity contribution in [2.24, 2.45) is 7.05 Å². The molecule has 2 aromatic rings. The van der Waals surface area contributed by atoms with Crippen LogP contribution in [0.5, 0.6) is 0 Å². The number of nitrogens with zero attached hydrogens (tertiary/aromatic N) is 2. The average Bonchev–Trinajstić information content (AvgIpc) is 2.78. The zero-order valence-corrected chi connectivity index (χ0v) is 11.2. The number of aryl methyl sites for hydroxylation is 1. The molecule has 1 heterocycles. The van der Waals surface area contributed by atoms with E-state index in [2.05, 4.69) is 5.10 Å². The number of nitrogens with two attached hydrogens (primary N) is 1. The van der Waals surface area contributed by atoms with Crippen molar-refractivity contribution in [3.8, 4) is 0 Å². The smallest absolute Gasteiger partial charge is 0.339 e. The molecule has 0 aliphatic heterocycles. The molecule has 1 aromatic carbocycles. The third-order valence-corrected chi connectivity index (χ3v) is 3.05. The average molecular weight is 280 g/mol. The molecule has 2 N–H and O–H groups in total. The lowest BCUT2D eigenvalue weighted by Gasteiger charge is -2.06. The molecule has 19 heavy (non-hydrogen) atoms. The number of anilines is 1. The van der Waals surface area contributed by atoms with Gasteiger partial charge in [-0.05, 0) is 17.7 Å². The summed E-state index contributed by atoms with van der Waals surface area (Å²) in [5.41, 5.74) is 7.29. The van der Waals surface area contributed by atoms with Crippen LogP contribution < -0.4 is 5.73 Å². The van der Waals surface area contributed by atoms with Gasteiger partial charge in [-0.15, -0.1) is 0 Å². The topological polar surface area (TPSA) is 70.1 Å². The number of carbonyl (C=O) groups excluding carboxylic acids is 1. The minimum Gasteiger partial charge on any atom is -0.462 e. The van der Waals surface area contributed by atoms with E-state index in [1.807, 2.05) is 13.2 Å². The standard InChI is InChI=1S/C13H14ClN3O2/c1-17-8-9(7-16-17)5-6-19-13(18)10-3-2-4-11(15)12(10)14/h2-4,7-8H,5-6,15H2,1H3. The summed E-state index contributed by atoms with van der Waals surface area (Å²) < 4.78 is 6.86. The number of halogens is 1. The number of esters is 1. The maximum Gasteiger partial charge on any atom is 0.339 e. The third kappa shape index (κ3) is 3.26. The first-order valence-corrected chi connectivity index (χ1v) is 6.14. The third-order valence-electron chi connectivity index (χ3n) is 2.63. The maximum absolute atomic E-state index is 11.8. The summed E-state index contributed by atoms with van der Waals surface area (Å²) in [5.74, 6) is -0.471. The van der Waals surface area contributed by atoms with Crippen molar-refractivity contribution < 1.29 is 9.53 Å². The fourth-order valence-corrected chi connectivity index (χ4v) is 1.85. The molecule has 100 valence electrons. The minimum absolute atomic E-state index is 0.230. The van der Waals surface area contributed by atoms with E-state index in [9.17, 15) is 4.79 Å². The van der Waals surface area contributed by atoms with Gasteiger partial charge in [0, 0.05) is 19.7 Å². The van der Waals surface area contributed by atoms with E-state index in [1.165, 1.54) is 0 Å². The zero-order chi connectivity index (χ0) is 13.8. The van der Waals surface area contributed by atoms with Gasteiger partial charge in [0.25, 0.3) is 0 Å². The number of hydrogen-bond donors (Lipinski definition) is 1. The summed E-state index contributed by atoms with van der Waals surface area (Å²) in [6, 6.07) is 4.89. The highest BCUT2D eigenvalue weighted by atomic mass is 35.5. The van der Waals surface area contributed by atoms with E-state index >= 15 is 0 Å². The Morgan fingerprint density at radius 1 is 1.53 bits per heavy atom. The van der Waals surface area contributed by atoms with E-state index in [-0.39, 0.29) is 17.2 Å².